The Morgan fingerprint density at radius 1 is 0.902 bits per heavy atom. The molecule has 0 aliphatic carbocycles. The molecule has 4 aromatic rings. The predicted molar refractivity (Wildman–Crippen MR) is 160 cm³/mol. The minimum absolute atomic E-state index is 0.0427. The van der Waals surface area contributed by atoms with Crippen molar-refractivity contribution in [3.8, 4) is 22.4 Å². The first-order chi connectivity index (χ1) is 19.4. The van der Waals surface area contributed by atoms with Gasteiger partial charge in [0, 0.05) is 27.4 Å². The summed E-state index contributed by atoms with van der Waals surface area (Å²) in [5.74, 6) is -0.0371. The van der Waals surface area contributed by atoms with Gasteiger partial charge in [0.05, 0.1) is 17.1 Å². The van der Waals surface area contributed by atoms with Crippen molar-refractivity contribution < 1.29 is 17.9 Å². The summed E-state index contributed by atoms with van der Waals surface area (Å²) in [5.41, 5.74) is 2.19. The van der Waals surface area contributed by atoms with Crippen LogP contribution in [0, 0.1) is 0 Å². The third-order valence-corrected chi connectivity index (χ3v) is 7.19. The van der Waals surface area contributed by atoms with E-state index in [-0.39, 0.29) is 17.4 Å². The van der Waals surface area contributed by atoms with Crippen LogP contribution in [0.15, 0.2) is 94.4 Å². The van der Waals surface area contributed by atoms with E-state index in [9.17, 15) is 13.2 Å². The Bertz CT molecular complexity index is 1660. The van der Waals surface area contributed by atoms with Gasteiger partial charge in [-0.05, 0) is 62.7 Å². The van der Waals surface area contributed by atoms with Crippen LogP contribution in [0.4, 0.5) is 4.79 Å². The minimum atomic E-state index is -4.16. The highest BCUT2D eigenvalue weighted by atomic mass is 35.5. The third kappa shape index (κ3) is 8.50. The lowest BCUT2D eigenvalue weighted by molar-refractivity contribution is 0.0561. The van der Waals surface area contributed by atoms with Crippen LogP contribution in [0.1, 0.15) is 26.6 Å². The van der Waals surface area contributed by atoms with Crippen LogP contribution >= 0.6 is 23.2 Å². The molecular weight excluding hydrogens is 585 g/mol. The molecule has 0 aliphatic rings. The summed E-state index contributed by atoms with van der Waals surface area (Å²) < 4.78 is 35.0. The first-order valence-electron chi connectivity index (χ1n) is 12.4. The molecule has 0 saturated carbocycles. The number of alkyl carbamates (subject to hydrolysis) is 1. The van der Waals surface area contributed by atoms with Crippen LogP contribution in [-0.4, -0.2) is 36.0 Å². The molecule has 41 heavy (non-hydrogen) atoms. The number of carbonyl (C=O) groups is 1. The lowest BCUT2D eigenvalue weighted by atomic mass is 10.0. The largest absolute Gasteiger partial charge is 0.444 e. The highest BCUT2D eigenvalue weighted by Gasteiger charge is 2.21. The van der Waals surface area contributed by atoms with Gasteiger partial charge in [0.15, 0.2) is 0 Å². The molecule has 12 heteroatoms. The second-order valence-corrected chi connectivity index (χ2v) is 12.2. The highest BCUT2D eigenvalue weighted by molar-refractivity contribution is 7.90. The van der Waals surface area contributed by atoms with Crippen molar-refractivity contribution >= 4 is 45.3 Å². The lowest BCUT2D eigenvalue weighted by Gasteiger charge is -2.20. The normalized spacial score (nSPS) is 12.1. The predicted octanol–water partition coefficient (Wildman–Crippen LogP) is 6.48. The zero-order valence-electron chi connectivity index (χ0n) is 22.4. The fraction of sp³-hybridized carbons (Fsp3) is 0.172. The number of hydrogen-bond acceptors (Lipinski definition) is 6. The van der Waals surface area contributed by atoms with Crippen molar-refractivity contribution in [1.82, 2.24) is 20.6 Å². The van der Waals surface area contributed by atoms with Crippen molar-refractivity contribution in [3.63, 3.8) is 0 Å². The zero-order valence-corrected chi connectivity index (χ0v) is 24.8. The number of aromatic nitrogens is 2. The van der Waals surface area contributed by atoms with Crippen molar-refractivity contribution in [1.29, 1.82) is 0 Å². The van der Waals surface area contributed by atoms with Crippen LogP contribution in [0.2, 0.25) is 10.0 Å². The van der Waals surface area contributed by atoms with Gasteiger partial charge in [0.25, 0.3) is 10.0 Å². The van der Waals surface area contributed by atoms with Crippen molar-refractivity contribution in [3.05, 3.63) is 101 Å². The third-order valence-electron chi connectivity index (χ3n) is 5.40. The van der Waals surface area contributed by atoms with E-state index in [1.54, 1.807) is 69.4 Å². The van der Waals surface area contributed by atoms with Crippen LogP contribution in [-0.2, 0) is 21.3 Å². The second-order valence-electron chi connectivity index (χ2n) is 9.77. The molecule has 1 amide bonds. The van der Waals surface area contributed by atoms with Gasteiger partial charge < -0.3 is 10.1 Å². The number of guanidine groups is 1. The maximum Gasteiger partial charge on any atom is 0.414 e. The first kappa shape index (κ1) is 30.0. The molecule has 212 valence electrons. The molecule has 4 rings (SSSR count). The molecule has 0 radical (unpaired) electrons. The van der Waals surface area contributed by atoms with Gasteiger partial charge in [-0.15, -0.1) is 4.40 Å². The monoisotopic (exact) mass is 611 g/mol. The number of amides is 1. The maximum absolute atomic E-state index is 12.9. The van der Waals surface area contributed by atoms with Gasteiger partial charge in [0.1, 0.15) is 11.4 Å². The number of carbonyl (C=O) groups excluding carboxylic acids is 1. The SMILES string of the molecule is CC(C)(C)OC(=O)NC(=NS(=O)(=O)c1ccccc1)NCc1ncc(-c2ccc(Cl)cc2)c(-c2ccc(Cl)cc2)n1. The molecule has 0 saturated heterocycles. The number of sulfonamides is 1. The summed E-state index contributed by atoms with van der Waals surface area (Å²) in [7, 11) is -4.16. The molecule has 2 N–H and O–H groups in total. The van der Waals surface area contributed by atoms with E-state index in [0.717, 1.165) is 16.7 Å². The standard InChI is InChI=1S/C29H27Cl2N5O4S/c1-29(2,3)40-28(37)35-27(36-41(38,39)23-7-5-4-6-8-23)33-18-25-32-17-24(19-9-13-21(30)14-10-19)26(34-25)20-11-15-22(31)16-12-20/h4-17H,18H2,1-3H3,(H2,33,35,36,37). The fourth-order valence-electron chi connectivity index (χ4n) is 3.60. The highest BCUT2D eigenvalue weighted by Crippen LogP contribution is 2.31. The van der Waals surface area contributed by atoms with Crippen LogP contribution < -0.4 is 10.6 Å². The molecule has 3 aromatic carbocycles. The number of hydrogen-bond donors (Lipinski definition) is 2. The Balaban J connectivity index is 1.67. The summed E-state index contributed by atoms with van der Waals surface area (Å²) in [6.07, 6.45) is 0.781. The molecule has 0 atom stereocenters. The summed E-state index contributed by atoms with van der Waals surface area (Å²) in [6.45, 7) is 4.99. The molecule has 1 aromatic heterocycles. The molecule has 0 fully saturated rings. The Morgan fingerprint density at radius 3 is 2.07 bits per heavy atom. The maximum atomic E-state index is 12.9. The number of ether oxygens (including phenoxy) is 1. The van der Waals surface area contributed by atoms with E-state index in [2.05, 4.69) is 20.0 Å². The number of nitrogens with zero attached hydrogens (tertiary/aromatic N) is 3. The fourth-order valence-corrected chi connectivity index (χ4v) is 4.81. The topological polar surface area (TPSA) is 123 Å². The Hall–Kier alpha value is -3.99. The zero-order chi connectivity index (χ0) is 29.6. The molecule has 0 aliphatic heterocycles. The van der Waals surface area contributed by atoms with Gasteiger partial charge in [-0.3, -0.25) is 5.32 Å². The lowest BCUT2D eigenvalue weighted by Crippen LogP contribution is -2.43. The van der Waals surface area contributed by atoms with Gasteiger partial charge >= 0.3 is 6.09 Å². The summed E-state index contributed by atoms with van der Waals surface area (Å²) >= 11 is 12.2. The molecule has 0 unspecified atom stereocenters. The van der Waals surface area contributed by atoms with Gasteiger partial charge in [-0.2, -0.15) is 8.42 Å². The van der Waals surface area contributed by atoms with Crippen LogP contribution in [0.3, 0.4) is 0 Å². The Labute approximate surface area is 248 Å². The number of rotatable bonds is 6. The summed E-state index contributed by atoms with van der Waals surface area (Å²) in [4.78, 5) is 21.7. The number of halogens is 2. The summed E-state index contributed by atoms with van der Waals surface area (Å²) in [6, 6.07) is 22.1. The molecular formula is C29H27Cl2N5O4S. The van der Waals surface area contributed by atoms with E-state index < -0.39 is 21.7 Å². The van der Waals surface area contributed by atoms with Crippen LogP contribution in [0.5, 0.6) is 0 Å². The Morgan fingerprint density at radius 2 is 1.49 bits per heavy atom. The second kappa shape index (κ2) is 12.7. The quantitative estimate of drug-likeness (QED) is 0.189. The van der Waals surface area contributed by atoms with Gasteiger partial charge in [-0.1, -0.05) is 65.7 Å². The molecule has 0 bridgehead atoms. The van der Waals surface area contributed by atoms with E-state index in [0.29, 0.717) is 21.6 Å². The molecule has 0 spiro atoms. The number of nitrogens with one attached hydrogen (secondary N) is 2. The van der Waals surface area contributed by atoms with Gasteiger partial charge in [-0.25, -0.2) is 14.8 Å². The van der Waals surface area contributed by atoms with Crippen molar-refractivity contribution in [2.24, 2.45) is 4.40 Å². The summed E-state index contributed by atoms with van der Waals surface area (Å²) in [5, 5.41) is 6.38. The van der Waals surface area contributed by atoms with Gasteiger partial charge in [0.2, 0.25) is 5.96 Å². The van der Waals surface area contributed by atoms with E-state index in [1.807, 2.05) is 24.3 Å². The van der Waals surface area contributed by atoms with Crippen molar-refractivity contribution in [2.45, 2.75) is 37.8 Å². The smallest absolute Gasteiger partial charge is 0.414 e. The number of benzene rings is 3. The minimum Gasteiger partial charge on any atom is -0.444 e. The van der Waals surface area contributed by atoms with E-state index >= 15 is 0 Å². The first-order valence-corrected chi connectivity index (χ1v) is 14.6. The average molecular weight is 613 g/mol. The Kier molecular flexibility index (Phi) is 9.27. The van der Waals surface area contributed by atoms with E-state index in [4.69, 9.17) is 32.9 Å². The molecule has 1 heterocycles. The van der Waals surface area contributed by atoms with Crippen molar-refractivity contribution in [2.75, 3.05) is 0 Å². The van der Waals surface area contributed by atoms with E-state index in [1.165, 1.54) is 12.1 Å². The van der Waals surface area contributed by atoms with Crippen LogP contribution in [0.25, 0.3) is 22.4 Å². The molecule has 9 nitrogen and oxygen atoms in total. The average Bonchev–Trinajstić information content (AvgIpc) is 2.92.